The Morgan fingerprint density at radius 1 is 1.30 bits per heavy atom. The molecule has 5 heteroatoms. The average Bonchev–Trinajstić information content (AvgIpc) is 3.26. The number of nitrogens with one attached hydrogen (secondary N) is 1. The van der Waals surface area contributed by atoms with Crippen LogP contribution in [0, 0.1) is 6.92 Å². The van der Waals surface area contributed by atoms with Gasteiger partial charge in [-0.05, 0) is 37.5 Å². The number of hydrogen-bond acceptors (Lipinski definition) is 4. The molecule has 0 atom stereocenters. The molecule has 1 fully saturated rings. The Hall–Kier alpha value is -1.65. The van der Waals surface area contributed by atoms with Crippen LogP contribution in [-0.4, -0.2) is 16.0 Å². The molecule has 1 aromatic carbocycles. The molecule has 1 N–H and O–H groups in total. The summed E-state index contributed by atoms with van der Waals surface area (Å²) in [6, 6.07) is 6.52. The number of aryl methyl sites for hydroxylation is 1. The summed E-state index contributed by atoms with van der Waals surface area (Å²) in [5.41, 5.74) is 2.06. The zero-order valence-corrected chi connectivity index (χ0v) is 12.0. The number of rotatable bonds is 5. The van der Waals surface area contributed by atoms with Gasteiger partial charge in [-0.2, -0.15) is 0 Å². The Labute approximate surface area is 123 Å². The smallest absolute Gasteiger partial charge is 0.321 e. The molecule has 2 aromatic rings. The molecule has 1 aromatic heterocycles. The van der Waals surface area contributed by atoms with Crippen LogP contribution in [0.25, 0.3) is 0 Å². The summed E-state index contributed by atoms with van der Waals surface area (Å²) in [5.74, 6) is 0.682. The first-order valence-electron chi connectivity index (χ1n) is 6.69. The van der Waals surface area contributed by atoms with Gasteiger partial charge >= 0.3 is 6.01 Å². The third kappa shape index (κ3) is 3.46. The van der Waals surface area contributed by atoms with Gasteiger partial charge in [-0.15, -0.1) is 0 Å². The minimum Gasteiger partial charge on any atom is -0.424 e. The second kappa shape index (κ2) is 5.77. The second-order valence-electron chi connectivity index (χ2n) is 5.04. The first kappa shape index (κ1) is 13.3. The van der Waals surface area contributed by atoms with E-state index < -0.39 is 0 Å². The van der Waals surface area contributed by atoms with Crippen LogP contribution >= 0.6 is 11.6 Å². The van der Waals surface area contributed by atoms with E-state index in [9.17, 15) is 0 Å². The van der Waals surface area contributed by atoms with Gasteiger partial charge in [0.1, 0.15) is 5.75 Å². The molecule has 1 aliphatic carbocycles. The van der Waals surface area contributed by atoms with Gasteiger partial charge in [0, 0.05) is 35.6 Å². The Kier molecular flexibility index (Phi) is 3.85. The molecule has 3 rings (SSSR count). The number of ether oxygens (including phenoxy) is 1. The van der Waals surface area contributed by atoms with Gasteiger partial charge in [0.05, 0.1) is 0 Å². The Morgan fingerprint density at radius 3 is 2.75 bits per heavy atom. The zero-order chi connectivity index (χ0) is 13.9. The maximum atomic E-state index is 5.96. The molecule has 104 valence electrons. The molecule has 1 saturated carbocycles. The van der Waals surface area contributed by atoms with Crippen molar-refractivity contribution in [2.24, 2.45) is 0 Å². The van der Waals surface area contributed by atoms with Crippen molar-refractivity contribution in [3.05, 3.63) is 46.7 Å². The molecular formula is C15H16ClN3O. The first-order valence-corrected chi connectivity index (χ1v) is 7.07. The summed E-state index contributed by atoms with van der Waals surface area (Å²) in [6.45, 7) is 2.76. The maximum Gasteiger partial charge on any atom is 0.321 e. The molecule has 0 bridgehead atoms. The molecule has 0 saturated heterocycles. The number of benzene rings is 1. The summed E-state index contributed by atoms with van der Waals surface area (Å²) in [5, 5.41) is 4.06. The molecule has 0 radical (unpaired) electrons. The molecule has 4 nitrogen and oxygen atoms in total. The first-order chi connectivity index (χ1) is 9.70. The minimum absolute atomic E-state index is 0.338. The highest BCUT2D eigenvalue weighted by molar-refractivity contribution is 6.30. The van der Waals surface area contributed by atoms with Crippen molar-refractivity contribution < 1.29 is 4.74 Å². The maximum absolute atomic E-state index is 5.96. The van der Waals surface area contributed by atoms with Gasteiger partial charge in [-0.1, -0.05) is 17.7 Å². The summed E-state index contributed by atoms with van der Waals surface area (Å²) in [6.07, 6.45) is 6.13. The summed E-state index contributed by atoms with van der Waals surface area (Å²) >= 11 is 5.96. The van der Waals surface area contributed by atoms with E-state index in [1.165, 1.54) is 12.8 Å². The van der Waals surface area contributed by atoms with Crippen LogP contribution in [0.4, 0.5) is 0 Å². The van der Waals surface area contributed by atoms with Crippen LogP contribution in [0.5, 0.6) is 11.8 Å². The monoisotopic (exact) mass is 289 g/mol. The highest BCUT2D eigenvalue weighted by Gasteiger charge is 2.20. The number of halogens is 1. The van der Waals surface area contributed by atoms with E-state index in [0.29, 0.717) is 22.8 Å². The van der Waals surface area contributed by atoms with E-state index in [2.05, 4.69) is 15.3 Å². The lowest BCUT2D eigenvalue weighted by molar-refractivity contribution is 0.437. The molecule has 0 unspecified atom stereocenters. The van der Waals surface area contributed by atoms with E-state index in [1.807, 2.05) is 19.1 Å². The van der Waals surface area contributed by atoms with E-state index in [4.69, 9.17) is 16.3 Å². The lowest BCUT2D eigenvalue weighted by Gasteiger charge is -2.08. The normalized spacial score (nSPS) is 14.3. The van der Waals surface area contributed by atoms with Crippen molar-refractivity contribution in [3.8, 4) is 11.8 Å². The molecule has 0 spiro atoms. The van der Waals surface area contributed by atoms with Crippen molar-refractivity contribution >= 4 is 11.6 Å². The van der Waals surface area contributed by atoms with E-state index in [1.54, 1.807) is 18.5 Å². The van der Waals surface area contributed by atoms with Crippen LogP contribution in [0.15, 0.2) is 30.6 Å². The molecule has 20 heavy (non-hydrogen) atoms. The van der Waals surface area contributed by atoms with Crippen molar-refractivity contribution in [1.29, 1.82) is 0 Å². The average molecular weight is 290 g/mol. The van der Waals surface area contributed by atoms with Gasteiger partial charge < -0.3 is 10.1 Å². The van der Waals surface area contributed by atoms with E-state index in [-0.39, 0.29) is 0 Å². The minimum atomic E-state index is 0.338. The quantitative estimate of drug-likeness (QED) is 0.915. The lowest BCUT2D eigenvalue weighted by atomic mass is 10.2. The van der Waals surface area contributed by atoms with E-state index in [0.717, 1.165) is 17.7 Å². The van der Waals surface area contributed by atoms with Crippen LogP contribution in [0.3, 0.4) is 0 Å². The van der Waals surface area contributed by atoms with Gasteiger partial charge in [-0.25, -0.2) is 9.97 Å². The summed E-state index contributed by atoms with van der Waals surface area (Å²) < 4.78 is 5.66. The fourth-order valence-corrected chi connectivity index (χ4v) is 1.98. The van der Waals surface area contributed by atoms with Crippen LogP contribution in [-0.2, 0) is 6.54 Å². The fourth-order valence-electron chi connectivity index (χ4n) is 1.82. The molecule has 1 aliphatic rings. The number of hydrogen-bond donors (Lipinski definition) is 1. The van der Waals surface area contributed by atoms with Crippen molar-refractivity contribution in [1.82, 2.24) is 15.3 Å². The zero-order valence-electron chi connectivity index (χ0n) is 11.3. The lowest BCUT2D eigenvalue weighted by Crippen LogP contribution is -2.15. The van der Waals surface area contributed by atoms with Gasteiger partial charge in [-0.3, -0.25) is 0 Å². The van der Waals surface area contributed by atoms with Crippen LogP contribution in [0.2, 0.25) is 5.02 Å². The largest absolute Gasteiger partial charge is 0.424 e. The highest BCUT2D eigenvalue weighted by atomic mass is 35.5. The van der Waals surface area contributed by atoms with Gasteiger partial charge in [0.2, 0.25) is 0 Å². The second-order valence-corrected chi connectivity index (χ2v) is 5.48. The third-order valence-electron chi connectivity index (χ3n) is 3.21. The summed E-state index contributed by atoms with van der Waals surface area (Å²) in [7, 11) is 0. The van der Waals surface area contributed by atoms with Crippen molar-refractivity contribution in [2.45, 2.75) is 32.4 Å². The highest BCUT2D eigenvalue weighted by Crippen LogP contribution is 2.26. The van der Waals surface area contributed by atoms with Gasteiger partial charge in [0.15, 0.2) is 0 Å². The van der Waals surface area contributed by atoms with Gasteiger partial charge in [0.25, 0.3) is 0 Å². The molecular weight excluding hydrogens is 274 g/mol. The number of nitrogens with zero attached hydrogens (tertiary/aromatic N) is 2. The Balaban J connectivity index is 1.66. The van der Waals surface area contributed by atoms with Crippen molar-refractivity contribution in [3.63, 3.8) is 0 Å². The molecule has 0 amide bonds. The predicted octanol–water partition coefficient (Wildman–Crippen LogP) is 3.48. The summed E-state index contributed by atoms with van der Waals surface area (Å²) in [4.78, 5) is 8.45. The standard InChI is InChI=1S/C15H16ClN3O/c1-10-2-3-12(16)6-14(10)20-15-18-8-11(9-19-15)7-17-13-4-5-13/h2-3,6,8-9,13,17H,4-5,7H2,1H3. The number of aromatic nitrogens is 2. The van der Waals surface area contributed by atoms with E-state index >= 15 is 0 Å². The van der Waals surface area contributed by atoms with Crippen LogP contribution in [0.1, 0.15) is 24.0 Å². The third-order valence-corrected chi connectivity index (χ3v) is 3.44. The molecule has 1 heterocycles. The fraction of sp³-hybridized carbons (Fsp3) is 0.333. The van der Waals surface area contributed by atoms with Crippen LogP contribution < -0.4 is 10.1 Å². The molecule has 0 aliphatic heterocycles. The topological polar surface area (TPSA) is 47.0 Å². The predicted molar refractivity (Wildman–Crippen MR) is 78.2 cm³/mol. The SMILES string of the molecule is Cc1ccc(Cl)cc1Oc1ncc(CNC2CC2)cn1. The Bertz CT molecular complexity index is 597. The Morgan fingerprint density at radius 2 is 2.05 bits per heavy atom. The van der Waals surface area contributed by atoms with Crippen molar-refractivity contribution in [2.75, 3.05) is 0 Å².